The topological polar surface area (TPSA) is 64.3 Å². The van der Waals surface area contributed by atoms with Gasteiger partial charge in [-0.05, 0) is 20.3 Å². The van der Waals surface area contributed by atoms with E-state index < -0.39 is 0 Å². The minimum Gasteiger partial charge on any atom is -0.379 e. The van der Waals surface area contributed by atoms with Crippen LogP contribution in [0.5, 0.6) is 0 Å². The van der Waals surface area contributed by atoms with Gasteiger partial charge in [0, 0.05) is 19.0 Å². The van der Waals surface area contributed by atoms with Crippen LogP contribution in [-0.4, -0.2) is 38.3 Å². The molecule has 0 amide bonds. The van der Waals surface area contributed by atoms with Gasteiger partial charge in [-0.3, -0.25) is 4.40 Å². The molecule has 6 nitrogen and oxygen atoms in total. The lowest BCUT2D eigenvalue weighted by Gasteiger charge is -2.24. The fourth-order valence-corrected chi connectivity index (χ4v) is 2.08. The molecule has 1 saturated heterocycles. The second-order valence-electron chi connectivity index (χ2n) is 4.70. The number of aryl methyl sites for hydroxylation is 1. The van der Waals surface area contributed by atoms with Crippen molar-refractivity contribution in [1.82, 2.24) is 19.6 Å². The molecule has 1 aliphatic heterocycles. The third-order valence-corrected chi connectivity index (χ3v) is 3.14. The number of anilines is 1. The first kappa shape index (κ1) is 10.5. The van der Waals surface area contributed by atoms with Crippen LogP contribution in [0, 0.1) is 6.92 Å². The van der Waals surface area contributed by atoms with E-state index in [2.05, 4.69) is 27.4 Å². The maximum atomic E-state index is 5.42. The van der Waals surface area contributed by atoms with Crippen LogP contribution >= 0.6 is 0 Å². The Morgan fingerprint density at radius 1 is 1.47 bits per heavy atom. The molecular weight excluding hydrogens is 218 g/mol. The molecule has 1 unspecified atom stereocenters. The highest BCUT2D eigenvalue weighted by Gasteiger charge is 2.30. The lowest BCUT2D eigenvalue weighted by Crippen LogP contribution is -2.35. The van der Waals surface area contributed by atoms with Gasteiger partial charge in [0.05, 0.1) is 12.1 Å². The summed E-state index contributed by atoms with van der Waals surface area (Å²) in [5.41, 5.74) is 0.701. The maximum absolute atomic E-state index is 5.42. The summed E-state index contributed by atoms with van der Waals surface area (Å²) in [4.78, 5) is 4.34. The summed E-state index contributed by atoms with van der Waals surface area (Å²) in [6.07, 6.45) is 4.59. The Labute approximate surface area is 99.0 Å². The maximum Gasteiger partial charge on any atom is 0.203 e. The van der Waals surface area contributed by atoms with E-state index in [9.17, 15) is 0 Å². The largest absolute Gasteiger partial charge is 0.379 e. The molecule has 3 rings (SSSR count). The predicted molar refractivity (Wildman–Crippen MR) is 63.0 cm³/mol. The number of hydrogen-bond acceptors (Lipinski definition) is 5. The first-order valence-corrected chi connectivity index (χ1v) is 5.70. The van der Waals surface area contributed by atoms with E-state index in [-0.39, 0.29) is 5.54 Å². The number of nitrogens with one attached hydrogen (secondary N) is 1. The van der Waals surface area contributed by atoms with Crippen LogP contribution in [0.4, 0.5) is 5.82 Å². The first-order valence-electron chi connectivity index (χ1n) is 5.70. The molecule has 1 atom stereocenters. The molecule has 0 spiro atoms. The van der Waals surface area contributed by atoms with Crippen LogP contribution in [0.2, 0.25) is 0 Å². The molecule has 0 bridgehead atoms. The fraction of sp³-hybridized carbons (Fsp3) is 0.545. The van der Waals surface area contributed by atoms with E-state index in [1.807, 2.05) is 17.5 Å². The Balaban J connectivity index is 2.00. The van der Waals surface area contributed by atoms with Crippen molar-refractivity contribution in [2.24, 2.45) is 0 Å². The molecule has 0 aromatic carbocycles. The monoisotopic (exact) mass is 233 g/mol. The van der Waals surface area contributed by atoms with Gasteiger partial charge in [0.25, 0.3) is 0 Å². The molecule has 2 aromatic rings. The Bertz CT molecular complexity index is 544. The molecule has 0 radical (unpaired) electrons. The summed E-state index contributed by atoms with van der Waals surface area (Å²) in [5.74, 6) is 1.62. The molecule has 0 aliphatic carbocycles. The highest BCUT2D eigenvalue weighted by atomic mass is 16.5. The van der Waals surface area contributed by atoms with E-state index in [4.69, 9.17) is 4.74 Å². The first-order chi connectivity index (χ1) is 8.18. The van der Waals surface area contributed by atoms with Crippen molar-refractivity contribution in [2.45, 2.75) is 25.8 Å². The van der Waals surface area contributed by atoms with E-state index >= 15 is 0 Å². The molecule has 1 fully saturated rings. The fourth-order valence-electron chi connectivity index (χ4n) is 2.08. The van der Waals surface area contributed by atoms with Crippen molar-refractivity contribution >= 4 is 11.5 Å². The van der Waals surface area contributed by atoms with E-state index in [1.54, 1.807) is 6.20 Å². The normalized spacial score (nSPS) is 24.4. The lowest BCUT2D eigenvalue weighted by atomic mass is 10.0. The zero-order valence-electron chi connectivity index (χ0n) is 9.97. The second-order valence-corrected chi connectivity index (χ2v) is 4.70. The van der Waals surface area contributed by atoms with E-state index in [0.717, 1.165) is 30.3 Å². The predicted octanol–water partition coefficient (Wildman–Crippen LogP) is 1.02. The molecule has 1 N–H and O–H groups in total. The molecule has 3 heterocycles. The van der Waals surface area contributed by atoms with Crippen molar-refractivity contribution < 1.29 is 4.74 Å². The summed E-state index contributed by atoms with van der Waals surface area (Å²) in [6, 6.07) is 0. The van der Waals surface area contributed by atoms with Crippen LogP contribution in [-0.2, 0) is 4.74 Å². The van der Waals surface area contributed by atoms with Gasteiger partial charge in [-0.2, -0.15) is 0 Å². The van der Waals surface area contributed by atoms with Gasteiger partial charge in [0.15, 0.2) is 5.82 Å². The Morgan fingerprint density at radius 3 is 3.12 bits per heavy atom. The van der Waals surface area contributed by atoms with Gasteiger partial charge in [0.2, 0.25) is 5.65 Å². The van der Waals surface area contributed by atoms with Crippen molar-refractivity contribution in [1.29, 1.82) is 0 Å². The van der Waals surface area contributed by atoms with Gasteiger partial charge in [-0.1, -0.05) is 0 Å². The third-order valence-electron chi connectivity index (χ3n) is 3.14. The van der Waals surface area contributed by atoms with Crippen LogP contribution in [0.25, 0.3) is 5.65 Å². The Morgan fingerprint density at radius 2 is 2.35 bits per heavy atom. The minimum atomic E-state index is -0.0608. The van der Waals surface area contributed by atoms with Gasteiger partial charge in [-0.15, -0.1) is 10.2 Å². The number of aromatic nitrogens is 4. The summed E-state index contributed by atoms with van der Waals surface area (Å²) < 4.78 is 7.34. The lowest BCUT2D eigenvalue weighted by molar-refractivity contribution is 0.185. The molecule has 1 aliphatic rings. The smallest absolute Gasteiger partial charge is 0.203 e. The number of hydrogen-bond donors (Lipinski definition) is 1. The van der Waals surface area contributed by atoms with Gasteiger partial charge >= 0.3 is 0 Å². The number of rotatable bonds is 2. The zero-order valence-corrected chi connectivity index (χ0v) is 9.97. The van der Waals surface area contributed by atoms with E-state index in [0.29, 0.717) is 6.61 Å². The summed E-state index contributed by atoms with van der Waals surface area (Å²) >= 11 is 0. The molecular formula is C11H15N5O. The summed E-state index contributed by atoms with van der Waals surface area (Å²) in [7, 11) is 0. The number of nitrogens with zero attached hydrogens (tertiary/aromatic N) is 4. The summed E-state index contributed by atoms with van der Waals surface area (Å²) in [5, 5.41) is 11.6. The molecule has 90 valence electrons. The van der Waals surface area contributed by atoms with Crippen molar-refractivity contribution in [3.05, 3.63) is 18.2 Å². The standard InChI is InChI=1S/C11H15N5O/c1-8-14-15-10-9(12-4-5-16(8)10)13-11(2)3-6-17-7-11/h4-5H,3,6-7H2,1-2H3,(H,12,13). The third kappa shape index (κ3) is 1.74. The molecule has 0 saturated carbocycles. The minimum absolute atomic E-state index is 0.0608. The highest BCUT2D eigenvalue weighted by molar-refractivity contribution is 5.63. The van der Waals surface area contributed by atoms with E-state index in [1.165, 1.54) is 0 Å². The Hall–Kier alpha value is -1.69. The second kappa shape index (κ2) is 3.66. The average molecular weight is 233 g/mol. The van der Waals surface area contributed by atoms with Crippen molar-refractivity contribution in [3.63, 3.8) is 0 Å². The van der Waals surface area contributed by atoms with Crippen LogP contribution in [0.15, 0.2) is 12.4 Å². The molecule has 17 heavy (non-hydrogen) atoms. The Kier molecular flexibility index (Phi) is 2.25. The SMILES string of the molecule is Cc1nnc2c(NC3(C)CCOC3)nccn12. The highest BCUT2D eigenvalue weighted by Crippen LogP contribution is 2.24. The van der Waals surface area contributed by atoms with Crippen LogP contribution < -0.4 is 5.32 Å². The molecule has 2 aromatic heterocycles. The molecule has 6 heteroatoms. The quantitative estimate of drug-likeness (QED) is 0.839. The average Bonchev–Trinajstić information content (AvgIpc) is 2.88. The van der Waals surface area contributed by atoms with Gasteiger partial charge in [-0.25, -0.2) is 4.98 Å². The zero-order chi connectivity index (χ0) is 11.9. The van der Waals surface area contributed by atoms with Crippen LogP contribution in [0.1, 0.15) is 19.2 Å². The summed E-state index contributed by atoms with van der Waals surface area (Å²) in [6.45, 7) is 5.54. The van der Waals surface area contributed by atoms with Crippen molar-refractivity contribution in [2.75, 3.05) is 18.5 Å². The van der Waals surface area contributed by atoms with Gasteiger partial charge in [0.1, 0.15) is 5.82 Å². The van der Waals surface area contributed by atoms with Gasteiger partial charge < -0.3 is 10.1 Å². The number of ether oxygens (including phenoxy) is 1. The van der Waals surface area contributed by atoms with Crippen LogP contribution in [0.3, 0.4) is 0 Å². The number of fused-ring (bicyclic) bond motifs is 1. The van der Waals surface area contributed by atoms with Crippen molar-refractivity contribution in [3.8, 4) is 0 Å².